The lowest BCUT2D eigenvalue weighted by Gasteiger charge is -1.90. The molecule has 2 heterocycles. The van der Waals surface area contributed by atoms with Gasteiger partial charge < -0.3 is 0 Å². The average Bonchev–Trinajstić information content (AvgIpc) is 2.59. The summed E-state index contributed by atoms with van der Waals surface area (Å²) in [5.74, 6) is 0.817. The van der Waals surface area contributed by atoms with Crippen molar-refractivity contribution >= 4 is 0 Å². The number of rotatable bonds is 1. The molecule has 2 aromatic heterocycles. The molecule has 0 aliphatic rings. The summed E-state index contributed by atoms with van der Waals surface area (Å²) in [5.41, 5.74) is 0. The van der Waals surface area contributed by atoms with E-state index in [-0.39, 0.29) is 0 Å². The van der Waals surface area contributed by atoms with Crippen molar-refractivity contribution in [3.63, 3.8) is 0 Å². The van der Waals surface area contributed by atoms with Gasteiger partial charge in [0.05, 0.1) is 6.20 Å². The van der Waals surface area contributed by atoms with E-state index in [9.17, 15) is 0 Å². The van der Waals surface area contributed by atoms with Crippen molar-refractivity contribution in [2.45, 2.75) is 0 Å². The van der Waals surface area contributed by atoms with Gasteiger partial charge in [0.25, 0.3) is 0 Å². The van der Waals surface area contributed by atoms with Crippen LogP contribution in [-0.4, -0.2) is 25.0 Å². The van der Waals surface area contributed by atoms with Gasteiger partial charge in [0, 0.05) is 12.4 Å². The SMILES string of the molecule is c1cn(-c2cnn[nH]2)cn1. The van der Waals surface area contributed by atoms with Crippen LogP contribution in [0.3, 0.4) is 0 Å². The van der Waals surface area contributed by atoms with E-state index in [0.717, 1.165) is 5.82 Å². The molecule has 2 rings (SSSR count). The zero-order chi connectivity index (χ0) is 6.81. The molecule has 5 nitrogen and oxygen atoms in total. The van der Waals surface area contributed by atoms with E-state index in [1.807, 2.05) is 6.20 Å². The molecule has 0 fully saturated rings. The maximum absolute atomic E-state index is 3.87. The fourth-order valence-corrected chi connectivity index (χ4v) is 0.719. The molecule has 1 N–H and O–H groups in total. The molecule has 0 aliphatic carbocycles. The van der Waals surface area contributed by atoms with Gasteiger partial charge in [-0.25, -0.2) is 10.1 Å². The van der Waals surface area contributed by atoms with Crippen LogP contribution in [0.1, 0.15) is 0 Å². The van der Waals surface area contributed by atoms with Gasteiger partial charge in [0.15, 0.2) is 5.82 Å². The summed E-state index contributed by atoms with van der Waals surface area (Å²) in [6, 6.07) is 0. The Labute approximate surface area is 56.7 Å². The summed E-state index contributed by atoms with van der Waals surface area (Å²) in [4.78, 5) is 3.87. The second kappa shape index (κ2) is 1.94. The third-order valence-corrected chi connectivity index (χ3v) is 1.18. The van der Waals surface area contributed by atoms with Gasteiger partial charge in [-0.15, -0.1) is 5.10 Å². The topological polar surface area (TPSA) is 59.4 Å². The Morgan fingerprint density at radius 1 is 1.50 bits per heavy atom. The second-order valence-electron chi connectivity index (χ2n) is 1.81. The van der Waals surface area contributed by atoms with Gasteiger partial charge in [-0.05, 0) is 0 Å². The molecule has 0 amide bonds. The third kappa shape index (κ3) is 0.680. The predicted octanol–water partition coefficient (Wildman–Crippen LogP) is -0.00960. The van der Waals surface area contributed by atoms with Crippen molar-refractivity contribution in [2.75, 3.05) is 0 Å². The highest BCUT2D eigenvalue weighted by molar-refractivity contribution is 5.14. The second-order valence-corrected chi connectivity index (χ2v) is 1.81. The van der Waals surface area contributed by atoms with E-state index >= 15 is 0 Å². The number of nitrogens with zero attached hydrogens (tertiary/aromatic N) is 4. The van der Waals surface area contributed by atoms with Crippen LogP contribution in [0.15, 0.2) is 24.9 Å². The van der Waals surface area contributed by atoms with Crippen molar-refractivity contribution < 1.29 is 0 Å². The van der Waals surface area contributed by atoms with Crippen LogP contribution >= 0.6 is 0 Å². The smallest absolute Gasteiger partial charge is 0.153 e. The van der Waals surface area contributed by atoms with Crippen molar-refractivity contribution in [3.8, 4) is 5.82 Å². The van der Waals surface area contributed by atoms with E-state index in [0.29, 0.717) is 0 Å². The number of hydrogen-bond acceptors (Lipinski definition) is 3. The molecular weight excluding hydrogens is 130 g/mol. The van der Waals surface area contributed by atoms with Gasteiger partial charge in [-0.1, -0.05) is 5.21 Å². The number of aromatic nitrogens is 5. The normalized spacial score (nSPS) is 10.0. The molecular formula is C5H5N5. The fourth-order valence-electron chi connectivity index (χ4n) is 0.719. The number of imidazole rings is 1. The van der Waals surface area contributed by atoms with Crippen LogP contribution in [0.25, 0.3) is 5.82 Å². The Hall–Kier alpha value is -1.65. The minimum absolute atomic E-state index is 0.817. The van der Waals surface area contributed by atoms with Crippen molar-refractivity contribution in [2.24, 2.45) is 0 Å². The van der Waals surface area contributed by atoms with Crippen LogP contribution in [0, 0.1) is 0 Å². The largest absolute Gasteiger partial charge is 0.290 e. The Morgan fingerprint density at radius 2 is 2.50 bits per heavy atom. The first kappa shape index (κ1) is 5.16. The predicted molar refractivity (Wildman–Crippen MR) is 33.5 cm³/mol. The molecule has 0 saturated heterocycles. The lowest BCUT2D eigenvalue weighted by atomic mass is 10.7. The average molecular weight is 135 g/mol. The Kier molecular flexibility index (Phi) is 1.00. The Bertz CT molecular complexity index is 249. The molecule has 0 aliphatic heterocycles. The number of nitrogens with one attached hydrogen (secondary N) is 1. The van der Waals surface area contributed by atoms with Crippen LogP contribution in [-0.2, 0) is 0 Å². The molecule has 10 heavy (non-hydrogen) atoms. The Balaban J connectivity index is 2.48. The maximum atomic E-state index is 3.87. The first-order valence-electron chi connectivity index (χ1n) is 2.81. The van der Waals surface area contributed by atoms with Gasteiger partial charge in [-0.3, -0.25) is 4.57 Å². The number of aromatic amines is 1. The van der Waals surface area contributed by atoms with E-state index < -0.39 is 0 Å². The molecule has 0 aromatic carbocycles. The van der Waals surface area contributed by atoms with Gasteiger partial charge in [0.1, 0.15) is 6.33 Å². The summed E-state index contributed by atoms with van der Waals surface area (Å²) >= 11 is 0. The Morgan fingerprint density at radius 3 is 3.10 bits per heavy atom. The highest BCUT2D eigenvalue weighted by Gasteiger charge is 1.93. The molecule has 5 heteroatoms. The summed E-state index contributed by atoms with van der Waals surface area (Å²) in [6.07, 6.45) is 6.81. The number of hydrogen-bond donors (Lipinski definition) is 1. The van der Waals surface area contributed by atoms with Crippen LogP contribution in [0.4, 0.5) is 0 Å². The zero-order valence-corrected chi connectivity index (χ0v) is 5.10. The molecule has 0 bridgehead atoms. The highest BCUT2D eigenvalue weighted by Crippen LogP contribution is 1.96. The third-order valence-electron chi connectivity index (χ3n) is 1.18. The summed E-state index contributed by atoms with van der Waals surface area (Å²) in [5, 5.41) is 9.88. The van der Waals surface area contributed by atoms with Crippen molar-refractivity contribution in [3.05, 3.63) is 24.9 Å². The van der Waals surface area contributed by atoms with E-state index in [1.54, 1.807) is 23.3 Å². The van der Waals surface area contributed by atoms with E-state index in [1.165, 1.54) is 0 Å². The summed E-state index contributed by atoms with van der Waals surface area (Å²) in [6.45, 7) is 0. The van der Waals surface area contributed by atoms with Gasteiger partial charge in [0.2, 0.25) is 0 Å². The fraction of sp³-hybridized carbons (Fsp3) is 0. The first-order valence-corrected chi connectivity index (χ1v) is 2.81. The monoisotopic (exact) mass is 135 g/mol. The van der Waals surface area contributed by atoms with Crippen LogP contribution in [0.5, 0.6) is 0 Å². The van der Waals surface area contributed by atoms with Crippen LogP contribution < -0.4 is 0 Å². The van der Waals surface area contributed by atoms with Gasteiger partial charge in [-0.2, -0.15) is 0 Å². The van der Waals surface area contributed by atoms with Crippen molar-refractivity contribution in [1.82, 2.24) is 25.0 Å². The highest BCUT2D eigenvalue weighted by atomic mass is 15.4. The molecule has 0 spiro atoms. The van der Waals surface area contributed by atoms with Crippen molar-refractivity contribution in [1.29, 1.82) is 0 Å². The minimum atomic E-state index is 0.817. The molecule has 0 radical (unpaired) electrons. The summed E-state index contributed by atoms with van der Waals surface area (Å²) < 4.78 is 1.79. The number of H-pyrrole nitrogens is 1. The maximum Gasteiger partial charge on any atom is 0.153 e. The summed E-state index contributed by atoms with van der Waals surface area (Å²) in [7, 11) is 0. The zero-order valence-electron chi connectivity index (χ0n) is 5.10. The van der Waals surface area contributed by atoms with E-state index in [2.05, 4.69) is 20.4 Å². The van der Waals surface area contributed by atoms with Crippen LogP contribution in [0.2, 0.25) is 0 Å². The molecule has 0 atom stereocenters. The standard InChI is InChI=1S/C5H5N5/c1-2-10(4-6-1)5-3-7-9-8-5/h1-4H,(H,7,8,9). The molecule has 0 unspecified atom stereocenters. The quantitative estimate of drug-likeness (QED) is 0.598. The van der Waals surface area contributed by atoms with Gasteiger partial charge >= 0.3 is 0 Å². The van der Waals surface area contributed by atoms with E-state index in [4.69, 9.17) is 0 Å². The first-order chi connectivity index (χ1) is 4.97. The molecule has 2 aromatic rings. The molecule has 0 saturated carbocycles. The lowest BCUT2D eigenvalue weighted by molar-refractivity contribution is 0.906. The minimum Gasteiger partial charge on any atom is -0.290 e. The lowest BCUT2D eigenvalue weighted by Crippen LogP contribution is -1.88. The molecule has 50 valence electrons.